The zero-order valence-corrected chi connectivity index (χ0v) is 22.9. The summed E-state index contributed by atoms with van der Waals surface area (Å²) in [6, 6.07) is 2.50. The van der Waals surface area contributed by atoms with Crippen molar-refractivity contribution in [3.05, 3.63) is 45.7 Å². The summed E-state index contributed by atoms with van der Waals surface area (Å²) in [5, 5.41) is 4.07. The van der Waals surface area contributed by atoms with Crippen molar-refractivity contribution >= 4 is 31.3 Å². The molecule has 0 aliphatic rings. The summed E-state index contributed by atoms with van der Waals surface area (Å²) in [7, 11) is -9.80. The number of carbonyl (C=O) groups is 1. The predicted octanol–water partition coefficient (Wildman–Crippen LogP) is 4.83. The highest BCUT2D eigenvalue weighted by atomic mass is 32.2. The lowest BCUT2D eigenvalue weighted by molar-refractivity contribution is -0.0503. The molecule has 0 N–H and O–H groups in total. The third-order valence-corrected chi connectivity index (χ3v) is 7.60. The average molecular weight is 551 g/mol. The lowest BCUT2D eigenvalue weighted by Crippen LogP contribution is -2.29. The Morgan fingerprint density at radius 3 is 2.06 bits per heavy atom. The summed E-state index contributed by atoms with van der Waals surface area (Å²) in [5.41, 5.74) is -4.31. The van der Waals surface area contributed by atoms with Gasteiger partial charge in [-0.05, 0) is 69.4 Å². The molecule has 0 radical (unpaired) electrons. The van der Waals surface area contributed by atoms with Crippen molar-refractivity contribution in [3.63, 3.8) is 0 Å². The van der Waals surface area contributed by atoms with Gasteiger partial charge in [0.2, 0.25) is 11.7 Å². The molecule has 8 nitrogen and oxygen atoms in total. The third kappa shape index (κ3) is 5.83. The van der Waals surface area contributed by atoms with Crippen LogP contribution < -0.4 is 4.18 Å². The zero-order valence-electron chi connectivity index (χ0n) is 21.2. The molecule has 1 aromatic heterocycles. The second kappa shape index (κ2) is 10.0. The highest BCUT2D eigenvalue weighted by molar-refractivity contribution is 7.90. The van der Waals surface area contributed by atoms with Gasteiger partial charge in [-0.3, -0.25) is 4.79 Å². The maximum atomic E-state index is 13.7. The Morgan fingerprint density at radius 2 is 1.61 bits per heavy atom. The van der Waals surface area contributed by atoms with E-state index in [0.717, 1.165) is 16.5 Å². The van der Waals surface area contributed by atoms with Crippen LogP contribution >= 0.6 is 0 Å². The summed E-state index contributed by atoms with van der Waals surface area (Å²) in [6.45, 7) is 11.5. The van der Waals surface area contributed by atoms with Crippen molar-refractivity contribution < 1.29 is 39.0 Å². The molecule has 36 heavy (non-hydrogen) atoms. The monoisotopic (exact) mass is 550 g/mol. The Labute approximate surface area is 209 Å². The smallest absolute Gasteiger partial charge is 0.355 e. The Hall–Kier alpha value is -2.67. The molecule has 13 heteroatoms. The lowest BCUT2D eigenvalue weighted by atomic mass is 9.91. The van der Waals surface area contributed by atoms with Gasteiger partial charge >= 0.3 is 15.6 Å². The molecule has 0 unspecified atom stereocenters. The van der Waals surface area contributed by atoms with Gasteiger partial charge in [-0.1, -0.05) is 19.4 Å². The van der Waals surface area contributed by atoms with Crippen LogP contribution in [0.4, 0.5) is 13.2 Å². The summed E-state index contributed by atoms with van der Waals surface area (Å²) in [4.78, 5) is 13.7. The van der Waals surface area contributed by atoms with E-state index in [2.05, 4.69) is 9.28 Å². The van der Waals surface area contributed by atoms with Gasteiger partial charge < -0.3 is 4.18 Å². The number of alkyl halides is 3. The maximum Gasteiger partial charge on any atom is 0.534 e. The van der Waals surface area contributed by atoms with E-state index >= 15 is 0 Å². The van der Waals surface area contributed by atoms with Gasteiger partial charge in [-0.15, -0.1) is 0 Å². The zero-order chi connectivity index (χ0) is 28.0. The second-order valence-corrected chi connectivity index (χ2v) is 12.7. The molecule has 0 amide bonds. The van der Waals surface area contributed by atoms with Crippen LogP contribution in [0.2, 0.25) is 0 Å². The molecular weight excluding hydrogens is 521 g/mol. The lowest BCUT2D eigenvalue weighted by Gasteiger charge is -2.17. The van der Waals surface area contributed by atoms with E-state index < -0.39 is 42.7 Å². The number of nitrogens with zero attached hydrogens (tertiary/aromatic N) is 2. The maximum absolute atomic E-state index is 13.7. The molecule has 0 saturated carbocycles. The molecule has 2 rings (SSSR count). The third-order valence-electron chi connectivity index (χ3n) is 5.51. The van der Waals surface area contributed by atoms with Crippen LogP contribution in [0.1, 0.15) is 67.4 Å². The number of ketones is 1. The molecule has 0 spiro atoms. The molecule has 1 aromatic carbocycles. The Morgan fingerprint density at radius 1 is 1.06 bits per heavy atom. The molecule has 2 aromatic rings. The van der Waals surface area contributed by atoms with Crippen molar-refractivity contribution in [2.24, 2.45) is 5.92 Å². The van der Waals surface area contributed by atoms with Crippen LogP contribution in [0.3, 0.4) is 0 Å². The van der Waals surface area contributed by atoms with Crippen LogP contribution in [0.5, 0.6) is 5.88 Å². The topological polar surface area (TPSA) is 112 Å². The van der Waals surface area contributed by atoms with Gasteiger partial charge in [0.1, 0.15) is 5.56 Å². The average Bonchev–Trinajstić information content (AvgIpc) is 2.98. The number of aryl methyl sites for hydroxylation is 1. The Balaban J connectivity index is 2.89. The van der Waals surface area contributed by atoms with Crippen LogP contribution in [0, 0.1) is 19.8 Å². The fraction of sp³-hybridized carbons (Fsp3) is 0.478. The first-order valence-electron chi connectivity index (χ1n) is 10.8. The first-order chi connectivity index (χ1) is 16.2. The van der Waals surface area contributed by atoms with Crippen molar-refractivity contribution in [2.75, 3.05) is 6.26 Å². The molecule has 0 aliphatic heterocycles. The SMILES string of the molecule is CC(C)=C(C)c1c(S(C)(=O)=O)ccc(C(=O)c2c(C)nn(CC(C)C)c2OS(=O)(=O)C(F)(F)F)c1C. The fourth-order valence-electron chi connectivity index (χ4n) is 3.62. The quantitative estimate of drug-likeness (QED) is 0.263. The molecule has 0 atom stereocenters. The Bertz CT molecular complexity index is 1450. The summed E-state index contributed by atoms with van der Waals surface area (Å²) in [5.74, 6) is -1.88. The number of hydrogen-bond acceptors (Lipinski definition) is 7. The van der Waals surface area contributed by atoms with E-state index in [1.54, 1.807) is 34.6 Å². The first kappa shape index (κ1) is 29.6. The standard InChI is InChI=1S/C23H29F3N2O6S2/c1-12(2)11-28-22(34-36(32,33)23(24,25)26)20(16(7)27-28)21(29)17-9-10-18(35(8,30)31)19(15(17)6)14(5)13(3)4/h9-10,12H,11H2,1-8H3. The molecular formula is C23H29F3N2O6S2. The van der Waals surface area contributed by atoms with E-state index in [1.807, 2.05) is 0 Å². The largest absolute Gasteiger partial charge is 0.534 e. The van der Waals surface area contributed by atoms with Crippen LogP contribution in [-0.4, -0.2) is 44.2 Å². The normalized spacial score (nSPS) is 12.7. The molecule has 0 bridgehead atoms. The summed E-state index contributed by atoms with van der Waals surface area (Å²) >= 11 is 0. The van der Waals surface area contributed by atoms with Crippen LogP contribution in [-0.2, 0) is 26.5 Å². The van der Waals surface area contributed by atoms with Gasteiger partial charge in [-0.2, -0.15) is 26.7 Å². The van der Waals surface area contributed by atoms with Gasteiger partial charge in [0.25, 0.3) is 0 Å². The van der Waals surface area contributed by atoms with Crippen molar-refractivity contribution in [3.8, 4) is 5.88 Å². The highest BCUT2D eigenvalue weighted by Crippen LogP contribution is 2.36. The molecule has 1 heterocycles. The Kier molecular flexibility index (Phi) is 8.21. The van der Waals surface area contributed by atoms with E-state index in [4.69, 9.17) is 0 Å². The number of benzene rings is 1. The van der Waals surface area contributed by atoms with E-state index in [1.165, 1.54) is 26.0 Å². The minimum Gasteiger partial charge on any atom is -0.355 e. The van der Waals surface area contributed by atoms with E-state index in [-0.39, 0.29) is 34.2 Å². The summed E-state index contributed by atoms with van der Waals surface area (Å²) < 4.78 is 93.3. The molecule has 0 fully saturated rings. The number of carbonyl (C=O) groups excluding carboxylic acids is 1. The summed E-state index contributed by atoms with van der Waals surface area (Å²) in [6.07, 6.45) is 1.03. The number of halogens is 3. The number of sulfone groups is 1. The van der Waals surface area contributed by atoms with Gasteiger partial charge in [-0.25, -0.2) is 13.1 Å². The van der Waals surface area contributed by atoms with Gasteiger partial charge in [0, 0.05) is 18.4 Å². The first-order valence-corrected chi connectivity index (χ1v) is 14.1. The minimum atomic E-state index is -6.10. The molecule has 200 valence electrons. The second-order valence-electron chi connectivity index (χ2n) is 9.16. The highest BCUT2D eigenvalue weighted by Gasteiger charge is 2.50. The number of rotatable bonds is 8. The minimum absolute atomic E-state index is 0.0152. The van der Waals surface area contributed by atoms with Crippen LogP contribution in [0.15, 0.2) is 22.6 Å². The fourth-order valence-corrected chi connectivity index (χ4v) is 5.08. The van der Waals surface area contributed by atoms with E-state index in [9.17, 15) is 34.8 Å². The van der Waals surface area contributed by atoms with E-state index in [0.29, 0.717) is 11.1 Å². The molecule has 0 saturated heterocycles. The number of allylic oxidation sites excluding steroid dienone is 2. The van der Waals surface area contributed by atoms with Gasteiger partial charge in [0.05, 0.1) is 10.6 Å². The molecule has 0 aliphatic carbocycles. The van der Waals surface area contributed by atoms with Crippen molar-refractivity contribution in [1.29, 1.82) is 0 Å². The van der Waals surface area contributed by atoms with Crippen molar-refractivity contribution in [2.45, 2.75) is 65.4 Å². The van der Waals surface area contributed by atoms with Crippen molar-refractivity contribution in [1.82, 2.24) is 9.78 Å². The van der Waals surface area contributed by atoms with Crippen LogP contribution in [0.25, 0.3) is 5.57 Å². The van der Waals surface area contributed by atoms with Gasteiger partial charge in [0.15, 0.2) is 9.84 Å². The number of hydrogen-bond donors (Lipinski definition) is 0. The predicted molar refractivity (Wildman–Crippen MR) is 129 cm³/mol. The number of aromatic nitrogens is 2.